The van der Waals surface area contributed by atoms with Crippen LogP contribution in [0.3, 0.4) is 0 Å². The second-order valence-corrected chi connectivity index (χ2v) is 5.93. The molecule has 0 radical (unpaired) electrons. The standard InChI is InChI=1S/C13H13BrN2O2/c1-7-5-8-9(6-7)13(18)16(12(8)17)11-4-2-3-10(14)15-11/h2-4,7-9H,5-6H2,1H3. The highest BCUT2D eigenvalue weighted by atomic mass is 79.9. The molecular weight excluding hydrogens is 296 g/mol. The molecule has 1 aromatic heterocycles. The van der Waals surface area contributed by atoms with Crippen LogP contribution in [0.25, 0.3) is 0 Å². The molecule has 1 aliphatic heterocycles. The van der Waals surface area contributed by atoms with Gasteiger partial charge in [0.2, 0.25) is 11.8 Å². The summed E-state index contributed by atoms with van der Waals surface area (Å²) in [4.78, 5) is 30.1. The van der Waals surface area contributed by atoms with Crippen molar-refractivity contribution in [1.82, 2.24) is 4.98 Å². The Kier molecular flexibility index (Phi) is 2.73. The van der Waals surface area contributed by atoms with Gasteiger partial charge in [0.15, 0.2) is 0 Å². The maximum Gasteiger partial charge on any atom is 0.238 e. The van der Waals surface area contributed by atoms with Crippen LogP contribution in [0.4, 0.5) is 5.82 Å². The number of imide groups is 1. The number of aromatic nitrogens is 1. The molecule has 2 unspecified atom stereocenters. The van der Waals surface area contributed by atoms with Gasteiger partial charge in [-0.1, -0.05) is 13.0 Å². The van der Waals surface area contributed by atoms with Gasteiger partial charge in [-0.15, -0.1) is 0 Å². The lowest BCUT2D eigenvalue weighted by atomic mass is 10.00. The number of carbonyl (C=O) groups is 2. The van der Waals surface area contributed by atoms with Crippen LogP contribution in [-0.2, 0) is 9.59 Å². The first kappa shape index (κ1) is 11.8. The quantitative estimate of drug-likeness (QED) is 0.591. The Morgan fingerprint density at radius 3 is 2.39 bits per heavy atom. The van der Waals surface area contributed by atoms with E-state index in [0.717, 1.165) is 12.8 Å². The molecule has 2 amide bonds. The fourth-order valence-corrected chi connectivity index (χ4v) is 3.36. The van der Waals surface area contributed by atoms with Crippen LogP contribution in [0.1, 0.15) is 19.8 Å². The zero-order valence-electron chi connectivity index (χ0n) is 9.97. The molecule has 3 rings (SSSR count). The first-order chi connectivity index (χ1) is 8.58. The van der Waals surface area contributed by atoms with Crippen molar-refractivity contribution in [3.8, 4) is 0 Å². The van der Waals surface area contributed by atoms with Crippen molar-refractivity contribution in [2.45, 2.75) is 19.8 Å². The van der Waals surface area contributed by atoms with Gasteiger partial charge in [-0.25, -0.2) is 9.88 Å². The lowest BCUT2D eigenvalue weighted by Gasteiger charge is -2.15. The minimum absolute atomic E-state index is 0.0834. The molecule has 1 saturated heterocycles. The molecule has 18 heavy (non-hydrogen) atoms. The third kappa shape index (κ3) is 1.68. The van der Waals surface area contributed by atoms with Crippen LogP contribution in [0.2, 0.25) is 0 Å². The van der Waals surface area contributed by atoms with Crippen molar-refractivity contribution in [1.29, 1.82) is 0 Å². The molecule has 1 saturated carbocycles. The van der Waals surface area contributed by atoms with Crippen LogP contribution in [0.15, 0.2) is 22.8 Å². The van der Waals surface area contributed by atoms with E-state index in [0.29, 0.717) is 16.3 Å². The monoisotopic (exact) mass is 308 g/mol. The molecular formula is C13H13BrN2O2. The second-order valence-electron chi connectivity index (χ2n) is 5.12. The van der Waals surface area contributed by atoms with E-state index < -0.39 is 0 Å². The third-order valence-corrected chi connectivity index (χ3v) is 4.24. The summed E-state index contributed by atoms with van der Waals surface area (Å²) in [6, 6.07) is 5.26. The van der Waals surface area contributed by atoms with Crippen molar-refractivity contribution in [3.63, 3.8) is 0 Å². The van der Waals surface area contributed by atoms with E-state index in [4.69, 9.17) is 0 Å². The van der Waals surface area contributed by atoms with Gasteiger partial charge in [-0.3, -0.25) is 9.59 Å². The summed E-state index contributed by atoms with van der Waals surface area (Å²) in [5, 5.41) is 0. The number of carbonyl (C=O) groups excluding carboxylic acids is 2. The summed E-state index contributed by atoms with van der Waals surface area (Å²) in [5.41, 5.74) is 0. The highest BCUT2D eigenvalue weighted by Crippen LogP contribution is 2.43. The highest BCUT2D eigenvalue weighted by molar-refractivity contribution is 9.10. The highest BCUT2D eigenvalue weighted by Gasteiger charge is 2.52. The zero-order chi connectivity index (χ0) is 12.9. The Hall–Kier alpha value is -1.23. The van der Waals surface area contributed by atoms with Crippen LogP contribution in [0, 0.1) is 17.8 Å². The maximum absolute atomic E-state index is 12.3. The van der Waals surface area contributed by atoms with E-state index in [-0.39, 0.29) is 23.7 Å². The normalized spacial score (nSPS) is 31.0. The van der Waals surface area contributed by atoms with Crippen molar-refractivity contribution in [2.24, 2.45) is 17.8 Å². The third-order valence-electron chi connectivity index (χ3n) is 3.80. The van der Waals surface area contributed by atoms with Crippen LogP contribution in [-0.4, -0.2) is 16.8 Å². The van der Waals surface area contributed by atoms with Crippen molar-refractivity contribution < 1.29 is 9.59 Å². The molecule has 94 valence electrons. The van der Waals surface area contributed by atoms with Gasteiger partial charge < -0.3 is 0 Å². The zero-order valence-corrected chi connectivity index (χ0v) is 11.6. The van der Waals surface area contributed by atoms with Gasteiger partial charge >= 0.3 is 0 Å². The molecule has 4 nitrogen and oxygen atoms in total. The Bertz CT molecular complexity index is 507. The molecule has 5 heteroatoms. The second kappa shape index (κ2) is 4.16. The first-order valence-electron chi connectivity index (χ1n) is 6.08. The number of hydrogen-bond acceptors (Lipinski definition) is 3. The van der Waals surface area contributed by atoms with Crippen LogP contribution < -0.4 is 4.90 Å². The van der Waals surface area contributed by atoms with E-state index >= 15 is 0 Å². The van der Waals surface area contributed by atoms with Crippen molar-refractivity contribution in [2.75, 3.05) is 4.90 Å². The number of anilines is 1. The number of nitrogens with zero attached hydrogens (tertiary/aromatic N) is 2. The molecule has 2 fully saturated rings. The number of pyridine rings is 1. The largest absolute Gasteiger partial charge is 0.274 e. The number of rotatable bonds is 1. The van der Waals surface area contributed by atoms with Crippen molar-refractivity contribution >= 4 is 33.6 Å². The molecule has 1 aliphatic carbocycles. The van der Waals surface area contributed by atoms with Crippen LogP contribution >= 0.6 is 15.9 Å². The molecule has 0 N–H and O–H groups in total. The number of fused-ring (bicyclic) bond motifs is 1. The average Bonchev–Trinajstić information content (AvgIpc) is 2.79. The Morgan fingerprint density at radius 2 is 1.83 bits per heavy atom. The van der Waals surface area contributed by atoms with Gasteiger partial charge in [0.1, 0.15) is 10.4 Å². The predicted octanol–water partition coefficient (Wildman–Crippen LogP) is 2.38. The molecule has 2 aliphatic rings. The van der Waals surface area contributed by atoms with E-state index in [1.165, 1.54) is 4.90 Å². The topological polar surface area (TPSA) is 50.3 Å². The van der Waals surface area contributed by atoms with E-state index in [1.807, 2.05) is 0 Å². The van der Waals surface area contributed by atoms with E-state index in [9.17, 15) is 9.59 Å². The molecule has 0 spiro atoms. The van der Waals surface area contributed by atoms with Gasteiger partial charge in [0.05, 0.1) is 11.8 Å². The molecule has 0 bridgehead atoms. The minimum atomic E-state index is -0.131. The summed E-state index contributed by atoms with van der Waals surface area (Å²) < 4.78 is 0.631. The molecule has 0 aromatic carbocycles. The summed E-state index contributed by atoms with van der Waals surface area (Å²) in [5.74, 6) is 0.466. The number of amides is 2. The predicted molar refractivity (Wildman–Crippen MR) is 69.8 cm³/mol. The maximum atomic E-state index is 12.3. The van der Waals surface area contributed by atoms with Gasteiger partial charge in [-0.2, -0.15) is 0 Å². The van der Waals surface area contributed by atoms with Gasteiger partial charge in [-0.05, 0) is 46.8 Å². The molecule has 2 atom stereocenters. The smallest absolute Gasteiger partial charge is 0.238 e. The molecule has 1 aromatic rings. The minimum Gasteiger partial charge on any atom is -0.274 e. The van der Waals surface area contributed by atoms with Crippen LogP contribution in [0.5, 0.6) is 0 Å². The fraction of sp³-hybridized carbons (Fsp3) is 0.462. The fourth-order valence-electron chi connectivity index (χ4n) is 3.03. The van der Waals surface area contributed by atoms with Crippen molar-refractivity contribution in [3.05, 3.63) is 22.8 Å². The summed E-state index contributed by atoms with van der Waals surface area (Å²) in [6.07, 6.45) is 1.64. The van der Waals surface area contributed by atoms with Gasteiger partial charge in [0.25, 0.3) is 0 Å². The Morgan fingerprint density at radius 1 is 1.22 bits per heavy atom. The van der Waals surface area contributed by atoms with E-state index in [1.54, 1.807) is 18.2 Å². The summed E-state index contributed by atoms with van der Waals surface area (Å²) >= 11 is 3.26. The average molecular weight is 309 g/mol. The lowest BCUT2D eigenvalue weighted by molar-refractivity contribution is -0.123. The summed E-state index contributed by atoms with van der Waals surface area (Å²) in [7, 11) is 0. The Labute approximate surface area is 114 Å². The van der Waals surface area contributed by atoms with E-state index in [2.05, 4.69) is 27.8 Å². The SMILES string of the molecule is CC1CC2C(=O)N(c3cccc(Br)n3)C(=O)C2C1. The Balaban J connectivity index is 1.96. The van der Waals surface area contributed by atoms with Gasteiger partial charge in [0, 0.05) is 0 Å². The first-order valence-corrected chi connectivity index (χ1v) is 6.87. The molecule has 2 heterocycles. The number of halogens is 1. The summed E-state index contributed by atoms with van der Waals surface area (Å²) in [6.45, 7) is 2.10. The number of hydrogen-bond donors (Lipinski definition) is 0. The lowest BCUT2D eigenvalue weighted by Crippen LogP contribution is -2.32.